The molecular formula is C32H28N2O6S. The Morgan fingerprint density at radius 3 is 2.12 bits per heavy atom. The molecule has 0 aliphatic carbocycles. The lowest BCUT2D eigenvalue weighted by Crippen LogP contribution is -2.32. The van der Waals surface area contributed by atoms with E-state index < -0.39 is 6.29 Å². The Hall–Kier alpha value is -4.02. The number of aliphatic hydroxyl groups excluding tert-OH is 1. The minimum absolute atomic E-state index is 0.0316. The van der Waals surface area contributed by atoms with Crippen molar-refractivity contribution in [3.63, 3.8) is 0 Å². The number of imide groups is 1. The Morgan fingerprint density at radius 1 is 0.829 bits per heavy atom. The number of fused-ring (bicyclic) bond motifs is 1. The average Bonchev–Trinajstić information content (AvgIpc) is 3.25. The molecule has 6 rings (SSSR count). The molecule has 2 aliphatic rings. The van der Waals surface area contributed by atoms with Crippen molar-refractivity contribution in [2.45, 2.75) is 43.1 Å². The smallest absolute Gasteiger partial charge is 0.261 e. The van der Waals surface area contributed by atoms with E-state index in [0.29, 0.717) is 28.3 Å². The number of aliphatic hydroxyl groups is 1. The van der Waals surface area contributed by atoms with Gasteiger partial charge in [-0.25, -0.2) is 0 Å². The number of carbonyl (C=O) groups excluding carboxylic acids is 2. The number of carbonyl (C=O) groups is 2. The van der Waals surface area contributed by atoms with Gasteiger partial charge < -0.3 is 19.8 Å². The zero-order chi connectivity index (χ0) is 28.3. The molecule has 0 saturated carbocycles. The van der Waals surface area contributed by atoms with Crippen LogP contribution in [0.25, 0.3) is 0 Å². The lowest BCUT2D eigenvalue weighted by atomic mass is 10.0. The van der Waals surface area contributed by atoms with Gasteiger partial charge in [0.05, 0.1) is 36.5 Å². The molecule has 41 heavy (non-hydrogen) atoms. The van der Waals surface area contributed by atoms with Crippen LogP contribution in [0.1, 0.15) is 61.8 Å². The lowest BCUT2D eigenvalue weighted by molar-refractivity contribution is -0.645. The second kappa shape index (κ2) is 11.8. The van der Waals surface area contributed by atoms with E-state index in [1.807, 2.05) is 54.6 Å². The number of aromatic nitrogens is 1. The number of rotatable bonds is 8. The molecule has 2 amide bonds. The summed E-state index contributed by atoms with van der Waals surface area (Å²) in [5.74, 6) is -0.0153. The molecule has 0 spiro atoms. The van der Waals surface area contributed by atoms with E-state index in [9.17, 15) is 19.9 Å². The van der Waals surface area contributed by atoms with Crippen molar-refractivity contribution in [1.29, 1.82) is 0 Å². The molecule has 3 atom stereocenters. The molecule has 2 aliphatic heterocycles. The number of hydrogen-bond acceptors (Lipinski definition) is 7. The van der Waals surface area contributed by atoms with Crippen molar-refractivity contribution in [2.24, 2.45) is 0 Å². The summed E-state index contributed by atoms with van der Waals surface area (Å²) >= 11 is 1.44. The minimum Gasteiger partial charge on any atom is -0.618 e. The van der Waals surface area contributed by atoms with Gasteiger partial charge in [-0.1, -0.05) is 72.4 Å². The second-order valence-corrected chi connectivity index (χ2v) is 11.0. The molecule has 8 nitrogen and oxygen atoms in total. The number of hydrogen-bond donors (Lipinski definition) is 1. The Bertz CT molecular complexity index is 1520. The van der Waals surface area contributed by atoms with E-state index in [4.69, 9.17) is 9.47 Å². The second-order valence-electron chi connectivity index (χ2n) is 10.0. The topological polar surface area (TPSA) is 103 Å². The van der Waals surface area contributed by atoms with Crippen molar-refractivity contribution < 1.29 is 28.9 Å². The minimum atomic E-state index is -0.652. The fourth-order valence-corrected chi connectivity index (χ4v) is 6.01. The molecule has 1 N–H and O–H groups in total. The van der Waals surface area contributed by atoms with Crippen LogP contribution in [0.3, 0.4) is 0 Å². The van der Waals surface area contributed by atoms with Gasteiger partial charge in [0, 0.05) is 29.9 Å². The van der Waals surface area contributed by atoms with Crippen molar-refractivity contribution >= 4 is 23.6 Å². The number of pyridine rings is 1. The van der Waals surface area contributed by atoms with Crippen LogP contribution < -0.4 is 4.73 Å². The largest absolute Gasteiger partial charge is 0.618 e. The number of amides is 2. The zero-order valence-electron chi connectivity index (χ0n) is 22.1. The van der Waals surface area contributed by atoms with Gasteiger partial charge in [0.15, 0.2) is 12.5 Å². The standard InChI is InChI=1S/C32H28N2O6S/c35-19-22-10-12-23(13-11-22)28-17-25(20-41-29-7-3-4-16-34(29)38)39-32(40-28)24-14-8-21(9-15-24)18-33-30(36)26-5-1-2-6-27(26)31(33)37/h1-16,25,28,32,35H,17-20H2/t25-,28+,32+/m1/s1. The van der Waals surface area contributed by atoms with E-state index >= 15 is 0 Å². The molecule has 208 valence electrons. The number of benzene rings is 3. The van der Waals surface area contributed by atoms with Gasteiger partial charge >= 0.3 is 0 Å². The molecule has 3 heterocycles. The first-order chi connectivity index (χ1) is 20.0. The summed E-state index contributed by atoms with van der Waals surface area (Å²) in [6.45, 7) is 0.139. The molecule has 0 unspecified atom stereocenters. The van der Waals surface area contributed by atoms with E-state index in [1.165, 1.54) is 22.9 Å². The third kappa shape index (κ3) is 5.75. The van der Waals surface area contributed by atoms with Crippen LogP contribution in [0.4, 0.5) is 0 Å². The van der Waals surface area contributed by atoms with Gasteiger partial charge in [-0.15, -0.1) is 0 Å². The third-order valence-electron chi connectivity index (χ3n) is 7.29. The van der Waals surface area contributed by atoms with Crippen LogP contribution in [0, 0.1) is 5.21 Å². The summed E-state index contributed by atoms with van der Waals surface area (Å²) in [5.41, 5.74) is 4.28. The van der Waals surface area contributed by atoms with Crippen LogP contribution in [0.5, 0.6) is 0 Å². The maximum Gasteiger partial charge on any atom is 0.261 e. The van der Waals surface area contributed by atoms with Crippen molar-refractivity contribution in [1.82, 2.24) is 4.90 Å². The quantitative estimate of drug-likeness (QED) is 0.139. The van der Waals surface area contributed by atoms with Gasteiger partial charge in [0.2, 0.25) is 0 Å². The summed E-state index contributed by atoms with van der Waals surface area (Å²) in [4.78, 5) is 26.8. The van der Waals surface area contributed by atoms with E-state index in [-0.39, 0.29) is 37.2 Å². The molecule has 1 aromatic heterocycles. The summed E-state index contributed by atoms with van der Waals surface area (Å²) in [6, 6.07) is 27.4. The summed E-state index contributed by atoms with van der Waals surface area (Å²) < 4.78 is 13.6. The Labute approximate surface area is 241 Å². The molecule has 9 heteroatoms. The lowest BCUT2D eigenvalue weighted by Gasteiger charge is -2.36. The van der Waals surface area contributed by atoms with Gasteiger partial charge in [-0.3, -0.25) is 14.5 Å². The Kier molecular flexibility index (Phi) is 7.84. The van der Waals surface area contributed by atoms with Gasteiger partial charge in [0.1, 0.15) is 0 Å². The van der Waals surface area contributed by atoms with Crippen LogP contribution >= 0.6 is 11.8 Å². The SMILES string of the molecule is O=C1c2ccccc2C(=O)N1Cc1ccc([C@H]2O[C@@H](CSc3cccc[n+]3[O-])C[C@@H](c3ccc(CO)cc3)O2)cc1. The number of thioether (sulfide) groups is 1. The van der Waals surface area contributed by atoms with Crippen LogP contribution in [0.2, 0.25) is 0 Å². The average molecular weight is 569 g/mol. The van der Waals surface area contributed by atoms with Crippen LogP contribution in [-0.4, -0.2) is 33.7 Å². The fraction of sp³-hybridized carbons (Fsp3) is 0.219. The molecule has 0 bridgehead atoms. The van der Waals surface area contributed by atoms with Crippen LogP contribution in [-0.2, 0) is 22.6 Å². The maximum absolute atomic E-state index is 12.8. The molecular weight excluding hydrogens is 540 g/mol. The summed E-state index contributed by atoms with van der Waals surface area (Å²) in [5, 5.41) is 22.2. The summed E-state index contributed by atoms with van der Waals surface area (Å²) in [7, 11) is 0. The van der Waals surface area contributed by atoms with E-state index in [0.717, 1.165) is 27.0 Å². The monoisotopic (exact) mass is 568 g/mol. The van der Waals surface area contributed by atoms with Gasteiger partial charge in [-0.2, -0.15) is 4.73 Å². The Balaban J connectivity index is 1.19. The highest BCUT2D eigenvalue weighted by atomic mass is 32.2. The normalized spacial score (nSPS) is 20.3. The zero-order valence-corrected chi connectivity index (χ0v) is 22.9. The van der Waals surface area contributed by atoms with Crippen molar-refractivity contribution in [2.75, 3.05) is 5.75 Å². The predicted octanol–water partition coefficient (Wildman–Crippen LogP) is 4.95. The highest BCUT2D eigenvalue weighted by molar-refractivity contribution is 7.99. The first-order valence-electron chi connectivity index (χ1n) is 13.4. The molecule has 1 fully saturated rings. The molecule has 0 radical (unpaired) electrons. The summed E-state index contributed by atoms with van der Waals surface area (Å²) in [6.07, 6.45) is 0.983. The number of nitrogens with zero attached hydrogens (tertiary/aromatic N) is 2. The van der Waals surface area contributed by atoms with Gasteiger partial charge in [-0.05, 0) is 34.9 Å². The molecule has 4 aromatic rings. The highest BCUT2D eigenvalue weighted by Gasteiger charge is 2.35. The predicted molar refractivity (Wildman–Crippen MR) is 152 cm³/mol. The third-order valence-corrected chi connectivity index (χ3v) is 8.44. The maximum atomic E-state index is 12.8. The molecule has 1 saturated heterocycles. The Morgan fingerprint density at radius 2 is 1.46 bits per heavy atom. The molecule has 3 aromatic carbocycles. The van der Waals surface area contributed by atoms with Crippen molar-refractivity contribution in [3.8, 4) is 0 Å². The first-order valence-corrected chi connectivity index (χ1v) is 14.3. The first kappa shape index (κ1) is 27.2. The highest BCUT2D eigenvalue weighted by Crippen LogP contribution is 2.39. The van der Waals surface area contributed by atoms with E-state index in [2.05, 4.69) is 0 Å². The van der Waals surface area contributed by atoms with Crippen LogP contribution in [0.15, 0.2) is 102 Å². The fourth-order valence-electron chi connectivity index (χ4n) is 5.07. The van der Waals surface area contributed by atoms with Crippen molar-refractivity contribution in [3.05, 3.63) is 136 Å². The number of ether oxygens (including phenoxy) is 2. The van der Waals surface area contributed by atoms with Gasteiger partial charge in [0.25, 0.3) is 16.8 Å². The van der Waals surface area contributed by atoms with E-state index in [1.54, 1.807) is 36.4 Å².